The van der Waals surface area contributed by atoms with E-state index in [9.17, 15) is 4.79 Å². The Morgan fingerprint density at radius 2 is 2.04 bits per heavy atom. The minimum absolute atomic E-state index is 0.111. The average Bonchev–Trinajstić information content (AvgIpc) is 3.06. The van der Waals surface area contributed by atoms with Crippen LogP contribution in [-0.4, -0.2) is 38.2 Å². The number of benzene rings is 1. The Morgan fingerprint density at radius 1 is 1.23 bits per heavy atom. The molecule has 0 aliphatic heterocycles. The Labute approximate surface area is 156 Å². The third-order valence-corrected chi connectivity index (χ3v) is 5.63. The van der Waals surface area contributed by atoms with E-state index in [1.54, 1.807) is 29.6 Å². The molecule has 4 rings (SSSR count). The fourth-order valence-electron chi connectivity index (χ4n) is 3.23. The van der Waals surface area contributed by atoms with Crippen LogP contribution in [0.4, 0.5) is 0 Å². The van der Waals surface area contributed by atoms with E-state index in [1.165, 1.54) is 0 Å². The molecule has 0 radical (unpaired) electrons. The first-order valence-corrected chi connectivity index (χ1v) is 9.72. The third-order valence-electron chi connectivity index (χ3n) is 4.59. The second-order valence-corrected chi connectivity index (χ2v) is 7.45. The van der Waals surface area contributed by atoms with Gasteiger partial charge >= 0.3 is 0 Å². The number of methoxy groups -OCH3 is 1. The van der Waals surface area contributed by atoms with Crippen LogP contribution < -0.4 is 4.74 Å². The number of hydrogen-bond donors (Lipinski definition) is 0. The van der Waals surface area contributed by atoms with Crippen LogP contribution in [0.3, 0.4) is 0 Å². The van der Waals surface area contributed by atoms with Gasteiger partial charge in [0.05, 0.1) is 18.4 Å². The molecule has 2 aromatic heterocycles. The summed E-state index contributed by atoms with van der Waals surface area (Å²) in [6, 6.07) is 7.91. The summed E-state index contributed by atoms with van der Waals surface area (Å²) in [7, 11) is 1.65. The molecule has 3 aromatic rings. The lowest BCUT2D eigenvalue weighted by Gasteiger charge is -2.23. The standard InChI is InChI=1S/C19H20N4O2S/c1-3-8-26-19-21-18-20-16-9-13(12-4-6-14(25-2)7-5-12)10-17(24)15(16)11-23(18)22-19/h4-7,11,13H,3,8-10H2,1-2H3/t13-/m1/s1. The highest BCUT2D eigenvalue weighted by Gasteiger charge is 2.28. The number of hydrogen-bond acceptors (Lipinski definition) is 6. The Morgan fingerprint density at radius 3 is 2.77 bits per heavy atom. The zero-order chi connectivity index (χ0) is 18.1. The fourth-order valence-corrected chi connectivity index (χ4v) is 3.91. The molecule has 1 aliphatic carbocycles. The largest absolute Gasteiger partial charge is 0.497 e. The average molecular weight is 368 g/mol. The number of carbonyl (C=O) groups excluding carboxylic acids is 1. The fraction of sp³-hybridized carbons (Fsp3) is 0.368. The van der Waals surface area contributed by atoms with Crippen LogP contribution in [-0.2, 0) is 6.42 Å². The molecule has 7 heteroatoms. The predicted octanol–water partition coefficient (Wildman–Crippen LogP) is 3.55. The normalized spacial score (nSPS) is 16.7. The van der Waals surface area contributed by atoms with Crippen molar-refractivity contribution in [3.05, 3.63) is 47.3 Å². The van der Waals surface area contributed by atoms with Crippen LogP contribution >= 0.6 is 11.8 Å². The summed E-state index contributed by atoms with van der Waals surface area (Å²) in [6.45, 7) is 2.12. The number of ether oxygens (including phenoxy) is 1. The van der Waals surface area contributed by atoms with Gasteiger partial charge in [-0.05, 0) is 36.5 Å². The Kier molecular flexibility index (Phi) is 4.63. The van der Waals surface area contributed by atoms with Crippen LogP contribution in [0, 0.1) is 0 Å². The second kappa shape index (κ2) is 7.07. The van der Waals surface area contributed by atoms with Gasteiger partial charge in [-0.1, -0.05) is 30.8 Å². The molecule has 1 atom stereocenters. The third kappa shape index (κ3) is 3.19. The highest BCUT2D eigenvalue weighted by atomic mass is 32.2. The van der Waals surface area contributed by atoms with Crippen molar-refractivity contribution >= 4 is 23.3 Å². The number of ketones is 1. The summed E-state index contributed by atoms with van der Waals surface area (Å²) >= 11 is 1.61. The summed E-state index contributed by atoms with van der Waals surface area (Å²) < 4.78 is 6.84. The minimum Gasteiger partial charge on any atom is -0.497 e. The van der Waals surface area contributed by atoms with Crippen molar-refractivity contribution in [3.63, 3.8) is 0 Å². The number of nitrogens with zero attached hydrogens (tertiary/aromatic N) is 4. The van der Waals surface area contributed by atoms with Gasteiger partial charge in [-0.2, -0.15) is 4.98 Å². The van der Waals surface area contributed by atoms with E-state index in [-0.39, 0.29) is 11.7 Å². The number of aromatic nitrogens is 4. The highest BCUT2D eigenvalue weighted by Crippen LogP contribution is 2.32. The summed E-state index contributed by atoms with van der Waals surface area (Å²) in [5.74, 6) is 2.59. The van der Waals surface area contributed by atoms with Crippen LogP contribution in [0.25, 0.3) is 5.78 Å². The van der Waals surface area contributed by atoms with Crippen molar-refractivity contribution in [3.8, 4) is 5.75 Å². The molecule has 0 spiro atoms. The van der Waals surface area contributed by atoms with E-state index in [1.807, 2.05) is 24.3 Å². The molecule has 6 nitrogen and oxygen atoms in total. The predicted molar refractivity (Wildman–Crippen MR) is 100 cm³/mol. The van der Waals surface area contributed by atoms with Gasteiger partial charge in [0, 0.05) is 18.4 Å². The molecule has 0 bridgehead atoms. The number of rotatable bonds is 5. The molecule has 134 valence electrons. The molecule has 1 aliphatic rings. The molecule has 0 amide bonds. The monoisotopic (exact) mass is 368 g/mol. The summed E-state index contributed by atoms with van der Waals surface area (Å²) in [5.41, 5.74) is 2.61. The van der Waals surface area contributed by atoms with E-state index in [0.717, 1.165) is 35.6 Å². The molecule has 0 saturated heterocycles. The van der Waals surface area contributed by atoms with Crippen molar-refractivity contribution in [2.45, 2.75) is 37.3 Å². The molecule has 0 saturated carbocycles. The maximum Gasteiger partial charge on any atom is 0.253 e. The molecule has 0 unspecified atom stereocenters. The second-order valence-electron chi connectivity index (χ2n) is 6.39. The lowest BCUT2D eigenvalue weighted by atomic mass is 9.82. The van der Waals surface area contributed by atoms with Crippen LogP contribution in [0.5, 0.6) is 5.75 Å². The maximum absolute atomic E-state index is 12.7. The van der Waals surface area contributed by atoms with E-state index < -0.39 is 0 Å². The van der Waals surface area contributed by atoms with E-state index in [0.29, 0.717) is 22.9 Å². The van der Waals surface area contributed by atoms with Gasteiger partial charge in [0.1, 0.15) is 5.75 Å². The molecule has 1 aromatic carbocycles. The van der Waals surface area contributed by atoms with Crippen molar-refractivity contribution < 1.29 is 9.53 Å². The smallest absolute Gasteiger partial charge is 0.253 e. The topological polar surface area (TPSA) is 69.4 Å². The lowest BCUT2D eigenvalue weighted by molar-refractivity contribution is 0.0962. The highest BCUT2D eigenvalue weighted by molar-refractivity contribution is 7.99. The summed E-state index contributed by atoms with van der Waals surface area (Å²) in [5, 5.41) is 5.14. The number of thioether (sulfide) groups is 1. The Bertz CT molecular complexity index is 952. The first-order chi connectivity index (χ1) is 12.7. The molecule has 0 fully saturated rings. The molecule has 0 N–H and O–H groups in total. The quantitative estimate of drug-likeness (QED) is 0.642. The van der Waals surface area contributed by atoms with Gasteiger partial charge in [0.25, 0.3) is 5.78 Å². The number of fused-ring (bicyclic) bond motifs is 2. The molecular formula is C19H20N4O2S. The van der Waals surface area contributed by atoms with Crippen molar-refractivity contribution in [2.24, 2.45) is 0 Å². The zero-order valence-corrected chi connectivity index (χ0v) is 15.6. The van der Waals surface area contributed by atoms with Gasteiger partial charge in [0.15, 0.2) is 5.78 Å². The first-order valence-electron chi connectivity index (χ1n) is 8.74. The number of Topliss-reactive ketones (excluding diaryl/α,β-unsaturated/α-hetero) is 1. The first kappa shape index (κ1) is 17.0. The van der Waals surface area contributed by atoms with Crippen LogP contribution in [0.2, 0.25) is 0 Å². The van der Waals surface area contributed by atoms with Crippen LogP contribution in [0.15, 0.2) is 35.6 Å². The van der Waals surface area contributed by atoms with Crippen molar-refractivity contribution in [2.75, 3.05) is 12.9 Å². The summed E-state index contributed by atoms with van der Waals surface area (Å²) in [6.07, 6.45) is 4.06. The van der Waals surface area contributed by atoms with Gasteiger partial charge < -0.3 is 4.74 Å². The summed E-state index contributed by atoms with van der Waals surface area (Å²) in [4.78, 5) is 21.8. The van der Waals surface area contributed by atoms with E-state index in [2.05, 4.69) is 22.0 Å². The Balaban J connectivity index is 1.65. The zero-order valence-electron chi connectivity index (χ0n) is 14.8. The van der Waals surface area contributed by atoms with Gasteiger partial charge in [-0.3, -0.25) is 4.79 Å². The van der Waals surface area contributed by atoms with Gasteiger partial charge in [-0.15, -0.1) is 5.10 Å². The van der Waals surface area contributed by atoms with Crippen LogP contribution in [0.1, 0.15) is 47.3 Å². The Hall–Kier alpha value is -2.41. The van der Waals surface area contributed by atoms with Crippen molar-refractivity contribution in [1.29, 1.82) is 0 Å². The SMILES string of the molecule is CCCSc1nc2nc3c(cn2n1)C(=O)C[C@H](c1ccc(OC)cc1)C3. The van der Waals surface area contributed by atoms with Gasteiger partial charge in [-0.25, -0.2) is 9.50 Å². The van der Waals surface area contributed by atoms with Crippen molar-refractivity contribution in [1.82, 2.24) is 19.6 Å². The molecule has 2 heterocycles. The number of carbonyl (C=O) groups is 1. The minimum atomic E-state index is 0.111. The van der Waals surface area contributed by atoms with E-state index in [4.69, 9.17) is 4.74 Å². The lowest BCUT2D eigenvalue weighted by Crippen LogP contribution is -2.21. The van der Waals surface area contributed by atoms with Gasteiger partial charge in [0.2, 0.25) is 5.16 Å². The molecule has 26 heavy (non-hydrogen) atoms. The van der Waals surface area contributed by atoms with E-state index >= 15 is 0 Å². The molecular weight excluding hydrogens is 348 g/mol. The maximum atomic E-state index is 12.7.